The van der Waals surface area contributed by atoms with Crippen LogP contribution in [0.3, 0.4) is 0 Å². The van der Waals surface area contributed by atoms with Gasteiger partial charge in [0.2, 0.25) is 0 Å². The molecule has 1 saturated carbocycles. The van der Waals surface area contributed by atoms with Gasteiger partial charge in [-0.25, -0.2) is 0 Å². The Kier molecular flexibility index (Phi) is 4.52. The first-order valence-corrected chi connectivity index (χ1v) is 7.10. The lowest BCUT2D eigenvalue weighted by Gasteiger charge is -2.29. The van der Waals surface area contributed by atoms with Crippen LogP contribution in [0.1, 0.15) is 43.0 Å². The van der Waals surface area contributed by atoms with Crippen molar-refractivity contribution in [3.8, 4) is 0 Å². The minimum Gasteiger partial charge on any atom is -0.349 e. The van der Waals surface area contributed by atoms with Crippen LogP contribution < -0.4 is 5.32 Å². The molecule has 1 N–H and O–H groups in total. The van der Waals surface area contributed by atoms with E-state index in [9.17, 15) is 4.79 Å². The van der Waals surface area contributed by atoms with E-state index in [2.05, 4.69) is 12.2 Å². The molecule has 0 saturated heterocycles. The van der Waals surface area contributed by atoms with Gasteiger partial charge < -0.3 is 5.32 Å². The number of benzene rings is 1. The molecule has 2 rings (SSSR count). The lowest BCUT2D eigenvalue weighted by atomic mass is 9.86. The molecule has 18 heavy (non-hydrogen) atoms. The van der Waals surface area contributed by atoms with Crippen LogP contribution in [-0.2, 0) is 0 Å². The predicted octanol–water partition coefficient (Wildman–Crippen LogP) is 4.30. The summed E-state index contributed by atoms with van der Waals surface area (Å²) in [5, 5.41) is 3.87. The van der Waals surface area contributed by atoms with Crippen LogP contribution in [0.25, 0.3) is 0 Å². The van der Waals surface area contributed by atoms with Crippen LogP contribution in [-0.4, -0.2) is 11.9 Å². The van der Waals surface area contributed by atoms with Crippen LogP contribution in [0.4, 0.5) is 0 Å². The third-order valence-corrected chi connectivity index (χ3v) is 4.25. The Balaban J connectivity index is 2.12. The molecule has 98 valence electrons. The van der Waals surface area contributed by atoms with Crippen molar-refractivity contribution in [2.24, 2.45) is 5.92 Å². The standard InChI is InChI=1S/C14H17Cl2NO/c1-9-5-2-3-8-12(9)17-14(18)13-10(15)6-4-7-11(13)16/h4,6-7,9,12H,2-3,5,8H2,1H3,(H,17,18). The van der Waals surface area contributed by atoms with Gasteiger partial charge in [0, 0.05) is 6.04 Å². The zero-order valence-electron chi connectivity index (χ0n) is 10.4. The van der Waals surface area contributed by atoms with Crippen molar-refractivity contribution < 1.29 is 4.79 Å². The van der Waals surface area contributed by atoms with Gasteiger partial charge in [-0.05, 0) is 30.9 Å². The summed E-state index contributed by atoms with van der Waals surface area (Å²) < 4.78 is 0. The maximum absolute atomic E-state index is 12.2. The monoisotopic (exact) mass is 285 g/mol. The minimum atomic E-state index is -0.163. The molecule has 1 aromatic rings. The molecule has 0 bridgehead atoms. The number of hydrogen-bond acceptors (Lipinski definition) is 1. The summed E-state index contributed by atoms with van der Waals surface area (Å²) in [7, 11) is 0. The molecule has 2 nitrogen and oxygen atoms in total. The molecule has 0 radical (unpaired) electrons. The van der Waals surface area contributed by atoms with Gasteiger partial charge in [0.15, 0.2) is 0 Å². The number of nitrogens with one attached hydrogen (secondary N) is 1. The highest BCUT2D eigenvalue weighted by molar-refractivity contribution is 6.39. The van der Waals surface area contributed by atoms with Crippen LogP contribution in [0.5, 0.6) is 0 Å². The zero-order valence-corrected chi connectivity index (χ0v) is 11.9. The van der Waals surface area contributed by atoms with E-state index in [1.54, 1.807) is 18.2 Å². The van der Waals surface area contributed by atoms with E-state index in [1.165, 1.54) is 19.3 Å². The molecule has 1 amide bonds. The lowest BCUT2D eigenvalue weighted by molar-refractivity contribution is 0.0910. The van der Waals surface area contributed by atoms with Gasteiger partial charge in [-0.2, -0.15) is 0 Å². The predicted molar refractivity (Wildman–Crippen MR) is 75.3 cm³/mol. The van der Waals surface area contributed by atoms with Crippen molar-refractivity contribution in [3.05, 3.63) is 33.8 Å². The van der Waals surface area contributed by atoms with Crippen LogP contribution in [0.15, 0.2) is 18.2 Å². The second-order valence-corrected chi connectivity index (χ2v) is 5.75. The van der Waals surface area contributed by atoms with Gasteiger partial charge in [-0.15, -0.1) is 0 Å². The first-order chi connectivity index (χ1) is 8.59. The summed E-state index contributed by atoms with van der Waals surface area (Å²) >= 11 is 12.1. The normalized spacial score (nSPS) is 23.7. The Bertz CT molecular complexity index is 427. The van der Waals surface area contributed by atoms with E-state index in [1.807, 2.05) is 0 Å². The van der Waals surface area contributed by atoms with Crippen molar-refractivity contribution in [1.29, 1.82) is 0 Å². The third kappa shape index (κ3) is 2.99. The largest absolute Gasteiger partial charge is 0.349 e. The maximum Gasteiger partial charge on any atom is 0.254 e. The molecule has 1 aliphatic carbocycles. The van der Waals surface area contributed by atoms with Crippen molar-refractivity contribution in [2.45, 2.75) is 38.6 Å². The molecule has 1 aromatic carbocycles. The Hall–Kier alpha value is -0.730. The van der Waals surface area contributed by atoms with E-state index < -0.39 is 0 Å². The first-order valence-electron chi connectivity index (χ1n) is 6.34. The topological polar surface area (TPSA) is 29.1 Å². The summed E-state index contributed by atoms with van der Waals surface area (Å²) in [6.07, 6.45) is 4.63. The van der Waals surface area contributed by atoms with E-state index in [4.69, 9.17) is 23.2 Å². The van der Waals surface area contributed by atoms with Crippen LogP contribution in [0.2, 0.25) is 10.0 Å². The summed E-state index contributed by atoms with van der Waals surface area (Å²) in [5.74, 6) is 0.355. The molecule has 0 aliphatic heterocycles. The Morgan fingerprint density at radius 1 is 1.22 bits per heavy atom. The van der Waals surface area contributed by atoms with Crippen molar-refractivity contribution in [2.75, 3.05) is 0 Å². The van der Waals surface area contributed by atoms with Crippen molar-refractivity contribution in [3.63, 3.8) is 0 Å². The smallest absolute Gasteiger partial charge is 0.254 e. The van der Waals surface area contributed by atoms with Gasteiger partial charge >= 0.3 is 0 Å². The van der Waals surface area contributed by atoms with E-state index in [-0.39, 0.29) is 11.9 Å². The van der Waals surface area contributed by atoms with E-state index >= 15 is 0 Å². The number of carbonyl (C=O) groups excluding carboxylic acids is 1. The second-order valence-electron chi connectivity index (χ2n) is 4.94. The fourth-order valence-corrected chi connectivity index (χ4v) is 3.06. The molecule has 4 heteroatoms. The molecule has 1 fully saturated rings. The average Bonchev–Trinajstić information content (AvgIpc) is 2.32. The van der Waals surface area contributed by atoms with Gasteiger partial charge in [-0.3, -0.25) is 4.79 Å². The third-order valence-electron chi connectivity index (χ3n) is 3.62. The van der Waals surface area contributed by atoms with Crippen LogP contribution in [0, 0.1) is 5.92 Å². The summed E-state index contributed by atoms with van der Waals surface area (Å²) in [5.41, 5.74) is 0.388. The van der Waals surface area contributed by atoms with Gasteiger partial charge in [0.1, 0.15) is 0 Å². The average molecular weight is 286 g/mol. The summed E-state index contributed by atoms with van der Waals surface area (Å²) in [4.78, 5) is 12.2. The molecule has 0 aromatic heterocycles. The molecular formula is C14H17Cl2NO. The van der Waals surface area contributed by atoms with Crippen LogP contribution >= 0.6 is 23.2 Å². The fraction of sp³-hybridized carbons (Fsp3) is 0.500. The number of amides is 1. The van der Waals surface area contributed by atoms with Gasteiger partial charge in [0.05, 0.1) is 15.6 Å². The van der Waals surface area contributed by atoms with E-state index in [0.29, 0.717) is 21.5 Å². The second kappa shape index (κ2) is 5.94. The highest BCUT2D eigenvalue weighted by Crippen LogP contribution is 2.27. The highest BCUT2D eigenvalue weighted by atomic mass is 35.5. The Morgan fingerprint density at radius 2 is 1.83 bits per heavy atom. The minimum absolute atomic E-state index is 0.163. The Morgan fingerprint density at radius 3 is 2.44 bits per heavy atom. The molecule has 1 aliphatic rings. The number of hydrogen-bond donors (Lipinski definition) is 1. The molecular weight excluding hydrogens is 269 g/mol. The fourth-order valence-electron chi connectivity index (χ4n) is 2.49. The number of rotatable bonds is 2. The molecule has 0 spiro atoms. The Labute approximate surface area is 118 Å². The van der Waals surface area contributed by atoms with E-state index in [0.717, 1.165) is 6.42 Å². The number of halogens is 2. The quantitative estimate of drug-likeness (QED) is 0.862. The maximum atomic E-state index is 12.2. The van der Waals surface area contributed by atoms with Crippen molar-refractivity contribution in [1.82, 2.24) is 5.32 Å². The van der Waals surface area contributed by atoms with Gasteiger partial charge in [-0.1, -0.05) is 49.0 Å². The molecule has 2 atom stereocenters. The van der Waals surface area contributed by atoms with Gasteiger partial charge in [0.25, 0.3) is 5.91 Å². The molecule has 0 heterocycles. The highest BCUT2D eigenvalue weighted by Gasteiger charge is 2.24. The summed E-state index contributed by atoms with van der Waals surface area (Å²) in [6, 6.07) is 5.35. The summed E-state index contributed by atoms with van der Waals surface area (Å²) in [6.45, 7) is 2.18. The van der Waals surface area contributed by atoms with Crippen molar-refractivity contribution >= 4 is 29.1 Å². The zero-order chi connectivity index (χ0) is 13.1. The molecule has 2 unspecified atom stereocenters. The first kappa shape index (κ1) is 13.7. The number of carbonyl (C=O) groups is 1. The SMILES string of the molecule is CC1CCCCC1NC(=O)c1c(Cl)cccc1Cl. The lowest BCUT2D eigenvalue weighted by Crippen LogP contribution is -2.41.